The highest BCUT2D eigenvalue weighted by Gasteiger charge is 2.23. The van der Waals surface area contributed by atoms with E-state index < -0.39 is 12.0 Å². The van der Waals surface area contributed by atoms with Gasteiger partial charge in [-0.15, -0.1) is 0 Å². The summed E-state index contributed by atoms with van der Waals surface area (Å²) in [5.74, 6) is -0.564. The molecule has 1 aromatic rings. The summed E-state index contributed by atoms with van der Waals surface area (Å²) in [6.45, 7) is -0.0123. The lowest BCUT2D eigenvalue weighted by Gasteiger charge is -2.27. The van der Waals surface area contributed by atoms with Crippen LogP contribution in [0.4, 0.5) is 5.69 Å². The van der Waals surface area contributed by atoms with Gasteiger partial charge < -0.3 is 14.7 Å². The van der Waals surface area contributed by atoms with Crippen LogP contribution in [0.3, 0.4) is 0 Å². The van der Waals surface area contributed by atoms with Crippen LogP contribution in [-0.4, -0.2) is 30.6 Å². The molecule has 21 heavy (non-hydrogen) atoms. The lowest BCUT2D eigenvalue weighted by atomic mass is 10.0. The minimum Gasteiger partial charge on any atom is -0.482 e. The Morgan fingerprint density at radius 3 is 3.05 bits per heavy atom. The van der Waals surface area contributed by atoms with Crippen LogP contribution >= 0.6 is 0 Å². The van der Waals surface area contributed by atoms with Crippen LogP contribution in [0.5, 0.6) is 5.75 Å². The van der Waals surface area contributed by atoms with E-state index >= 15 is 0 Å². The predicted octanol–water partition coefficient (Wildman–Crippen LogP) is 2.26. The Labute approximate surface area is 120 Å². The Hall–Kier alpha value is -2.73. The van der Waals surface area contributed by atoms with Crippen molar-refractivity contribution in [1.82, 2.24) is 0 Å². The number of fused-ring (bicyclic) bond motifs is 1. The normalized spacial score (nSPS) is 14.7. The summed E-state index contributed by atoms with van der Waals surface area (Å²) in [5, 5.41) is 12.4. The summed E-state index contributed by atoms with van der Waals surface area (Å²) in [6.07, 6.45) is 0.0861. The largest absolute Gasteiger partial charge is 0.482 e. The molecule has 1 amide bonds. The molecule has 1 aliphatic heterocycles. The first kappa shape index (κ1) is 14.7. The van der Waals surface area contributed by atoms with Gasteiger partial charge in [0.1, 0.15) is 5.75 Å². The molecule has 8 nitrogen and oxygen atoms in total. The molecule has 0 saturated heterocycles. The van der Waals surface area contributed by atoms with Gasteiger partial charge in [0.2, 0.25) is 0 Å². The fourth-order valence-corrected chi connectivity index (χ4v) is 2.11. The third-order valence-electron chi connectivity index (χ3n) is 3.28. The van der Waals surface area contributed by atoms with Gasteiger partial charge in [-0.25, -0.2) is 0 Å². The van der Waals surface area contributed by atoms with E-state index in [4.69, 9.17) is 15.4 Å². The van der Waals surface area contributed by atoms with Crippen LogP contribution in [0.2, 0.25) is 0 Å². The monoisotopic (exact) mass is 290 g/mol. The molecular formula is C13H14N4O4. The number of benzene rings is 1. The van der Waals surface area contributed by atoms with Crippen molar-refractivity contribution >= 4 is 17.6 Å². The molecule has 1 heterocycles. The van der Waals surface area contributed by atoms with Crippen molar-refractivity contribution in [1.29, 1.82) is 0 Å². The first-order valence-electron chi connectivity index (χ1n) is 6.32. The first-order valence-corrected chi connectivity index (χ1v) is 6.32. The molecule has 0 aromatic heterocycles. The molecule has 0 saturated carbocycles. The summed E-state index contributed by atoms with van der Waals surface area (Å²) >= 11 is 0. The number of amides is 1. The number of ether oxygens (including phenoxy) is 1. The summed E-state index contributed by atoms with van der Waals surface area (Å²) in [5.41, 5.74) is 9.85. The van der Waals surface area contributed by atoms with Crippen LogP contribution in [0, 0.1) is 0 Å². The van der Waals surface area contributed by atoms with Gasteiger partial charge >= 0.3 is 5.97 Å². The predicted molar refractivity (Wildman–Crippen MR) is 74.1 cm³/mol. The lowest BCUT2D eigenvalue weighted by molar-refractivity contribution is -0.137. The third kappa shape index (κ3) is 3.24. The number of anilines is 1. The van der Waals surface area contributed by atoms with Crippen LogP contribution in [0.25, 0.3) is 10.4 Å². The van der Waals surface area contributed by atoms with E-state index in [2.05, 4.69) is 10.0 Å². The van der Waals surface area contributed by atoms with E-state index in [1.807, 2.05) is 0 Å². The summed E-state index contributed by atoms with van der Waals surface area (Å²) < 4.78 is 5.31. The SMILES string of the molecule is CN1C(=O)COc2ccc(C(CCC(=O)O)N=[N+]=[N-])cc21. The number of hydrogen-bond donors (Lipinski definition) is 1. The molecule has 2 rings (SSSR count). The number of carbonyl (C=O) groups excluding carboxylic acids is 1. The molecule has 8 heteroatoms. The number of aliphatic carboxylic acids is 1. The Bertz CT molecular complexity index is 625. The van der Waals surface area contributed by atoms with Gasteiger partial charge in [0.05, 0.1) is 11.7 Å². The molecule has 0 radical (unpaired) electrons. The Kier molecular flexibility index (Phi) is 4.30. The van der Waals surface area contributed by atoms with Gasteiger partial charge in [-0.3, -0.25) is 9.59 Å². The van der Waals surface area contributed by atoms with Gasteiger partial charge in [-0.05, 0) is 29.6 Å². The molecule has 1 aromatic carbocycles. The second-order valence-corrected chi connectivity index (χ2v) is 4.62. The van der Waals surface area contributed by atoms with E-state index in [0.29, 0.717) is 17.0 Å². The zero-order valence-electron chi connectivity index (χ0n) is 11.4. The number of carboxylic acids is 1. The van der Waals surface area contributed by atoms with Gasteiger partial charge in [0.15, 0.2) is 6.61 Å². The number of likely N-dealkylation sites (N-methyl/N-ethyl adjacent to an activating group) is 1. The van der Waals surface area contributed by atoms with Crippen molar-refractivity contribution < 1.29 is 19.4 Å². The number of nitrogens with zero attached hydrogens (tertiary/aromatic N) is 4. The van der Waals surface area contributed by atoms with Gasteiger partial charge in [-0.2, -0.15) is 0 Å². The molecule has 110 valence electrons. The lowest BCUT2D eigenvalue weighted by Crippen LogP contribution is -2.35. The van der Waals surface area contributed by atoms with Gasteiger partial charge in [0.25, 0.3) is 5.91 Å². The molecule has 1 N–H and O–H groups in total. The molecule has 0 bridgehead atoms. The van der Waals surface area contributed by atoms with E-state index in [1.165, 1.54) is 4.90 Å². The molecule has 0 fully saturated rings. The van der Waals surface area contributed by atoms with E-state index in [-0.39, 0.29) is 25.4 Å². The Balaban J connectivity index is 2.31. The number of carbonyl (C=O) groups is 2. The van der Waals surface area contributed by atoms with Crippen molar-refractivity contribution in [2.75, 3.05) is 18.6 Å². The zero-order valence-corrected chi connectivity index (χ0v) is 11.4. The smallest absolute Gasteiger partial charge is 0.303 e. The minimum absolute atomic E-state index is 0.0123. The molecular weight excluding hydrogens is 276 g/mol. The Morgan fingerprint density at radius 2 is 2.38 bits per heavy atom. The second-order valence-electron chi connectivity index (χ2n) is 4.62. The van der Waals surface area contributed by atoms with E-state index in [9.17, 15) is 9.59 Å². The number of azide groups is 1. The maximum Gasteiger partial charge on any atom is 0.303 e. The molecule has 0 aliphatic carbocycles. The fourth-order valence-electron chi connectivity index (χ4n) is 2.11. The van der Waals surface area contributed by atoms with Gasteiger partial charge in [-0.1, -0.05) is 11.2 Å². The molecule has 1 aliphatic rings. The van der Waals surface area contributed by atoms with Crippen molar-refractivity contribution in [3.63, 3.8) is 0 Å². The Morgan fingerprint density at radius 1 is 1.62 bits per heavy atom. The maximum atomic E-state index is 11.6. The highest BCUT2D eigenvalue weighted by atomic mass is 16.5. The van der Waals surface area contributed by atoms with Crippen molar-refractivity contribution in [3.8, 4) is 5.75 Å². The van der Waals surface area contributed by atoms with Crippen LogP contribution < -0.4 is 9.64 Å². The average Bonchev–Trinajstić information content (AvgIpc) is 2.47. The van der Waals surface area contributed by atoms with Crippen LogP contribution in [0.1, 0.15) is 24.4 Å². The summed E-state index contributed by atoms with van der Waals surface area (Å²) in [7, 11) is 1.63. The summed E-state index contributed by atoms with van der Waals surface area (Å²) in [6, 6.07) is 4.49. The van der Waals surface area contributed by atoms with E-state index in [0.717, 1.165) is 0 Å². The van der Waals surface area contributed by atoms with Gasteiger partial charge in [0, 0.05) is 18.4 Å². The minimum atomic E-state index is -0.957. The van der Waals surface area contributed by atoms with Crippen LogP contribution in [-0.2, 0) is 9.59 Å². The van der Waals surface area contributed by atoms with E-state index in [1.54, 1.807) is 25.2 Å². The first-order chi connectivity index (χ1) is 10.0. The highest BCUT2D eigenvalue weighted by molar-refractivity contribution is 5.97. The number of carboxylic acid groups (broad SMARTS) is 1. The van der Waals surface area contributed by atoms with Crippen molar-refractivity contribution in [2.24, 2.45) is 5.11 Å². The second kappa shape index (κ2) is 6.15. The van der Waals surface area contributed by atoms with Crippen molar-refractivity contribution in [2.45, 2.75) is 18.9 Å². The van der Waals surface area contributed by atoms with Crippen molar-refractivity contribution in [3.05, 3.63) is 34.2 Å². The highest BCUT2D eigenvalue weighted by Crippen LogP contribution is 2.35. The third-order valence-corrected chi connectivity index (χ3v) is 3.28. The zero-order chi connectivity index (χ0) is 15.4. The quantitative estimate of drug-likeness (QED) is 0.508. The average molecular weight is 290 g/mol. The molecule has 1 unspecified atom stereocenters. The molecule has 1 atom stereocenters. The van der Waals surface area contributed by atoms with Crippen LogP contribution in [0.15, 0.2) is 23.3 Å². The summed E-state index contributed by atoms with van der Waals surface area (Å²) in [4.78, 5) is 26.5. The standard InChI is InChI=1S/C13H14N4O4/c1-17-10-6-8(2-4-11(10)21-7-12(17)18)9(15-16-14)3-5-13(19)20/h2,4,6,9H,3,5,7H2,1H3,(H,19,20). The number of hydrogen-bond acceptors (Lipinski definition) is 4. The maximum absolute atomic E-state index is 11.6. The fraction of sp³-hybridized carbons (Fsp3) is 0.385. The molecule has 0 spiro atoms. The topological polar surface area (TPSA) is 116 Å². The number of rotatable bonds is 5.